The average Bonchev–Trinajstić information content (AvgIpc) is 2.95. The van der Waals surface area contributed by atoms with Crippen molar-refractivity contribution in [3.05, 3.63) is 29.8 Å². The summed E-state index contributed by atoms with van der Waals surface area (Å²) in [6.07, 6.45) is 3.15. The molecule has 0 radical (unpaired) electrons. The molecule has 0 unspecified atom stereocenters. The van der Waals surface area contributed by atoms with Crippen LogP contribution < -0.4 is 10.1 Å². The molecule has 1 saturated heterocycles. The van der Waals surface area contributed by atoms with Gasteiger partial charge in [-0.15, -0.1) is 0 Å². The summed E-state index contributed by atoms with van der Waals surface area (Å²) in [6, 6.07) is 7.91. The predicted octanol–water partition coefficient (Wildman–Crippen LogP) is 0.778. The molecule has 1 N–H and O–H groups in total. The highest BCUT2D eigenvalue weighted by atomic mass is 32.2. The van der Waals surface area contributed by atoms with Crippen LogP contribution in [0.15, 0.2) is 24.3 Å². The van der Waals surface area contributed by atoms with Gasteiger partial charge in [0.15, 0.2) is 0 Å². The van der Waals surface area contributed by atoms with E-state index in [1.54, 1.807) is 0 Å². The highest BCUT2D eigenvalue weighted by molar-refractivity contribution is 7.88. The lowest BCUT2D eigenvalue weighted by Crippen LogP contribution is -2.44. The number of carbonyl (C=O) groups is 1. The van der Waals surface area contributed by atoms with Crippen molar-refractivity contribution >= 4 is 15.9 Å². The molecule has 1 amide bonds. The summed E-state index contributed by atoms with van der Waals surface area (Å²) in [5, 5.41) is 2.95. The maximum Gasteiger partial charge on any atom is 0.223 e. The van der Waals surface area contributed by atoms with E-state index in [1.807, 2.05) is 24.3 Å². The topological polar surface area (TPSA) is 75.7 Å². The minimum absolute atomic E-state index is 0.00212. The van der Waals surface area contributed by atoms with Crippen LogP contribution in [0.4, 0.5) is 0 Å². The SMILES string of the molecule is CS(=O)(=O)N1CCC(C(=O)NC[C@@H]2Cc3ccccc3O2)CC1. The van der Waals surface area contributed by atoms with Crippen molar-refractivity contribution in [1.29, 1.82) is 0 Å². The molecule has 1 aromatic carbocycles. The van der Waals surface area contributed by atoms with Gasteiger partial charge < -0.3 is 10.1 Å². The molecule has 1 fully saturated rings. The second-order valence-corrected chi connectivity index (χ2v) is 8.22. The number of piperidine rings is 1. The Morgan fingerprint density at radius 1 is 1.30 bits per heavy atom. The van der Waals surface area contributed by atoms with Crippen LogP contribution >= 0.6 is 0 Å². The lowest BCUT2D eigenvalue weighted by atomic mass is 9.97. The van der Waals surface area contributed by atoms with Gasteiger partial charge in [0, 0.05) is 25.4 Å². The molecule has 126 valence electrons. The number of fused-ring (bicyclic) bond motifs is 1. The lowest BCUT2D eigenvalue weighted by Gasteiger charge is -2.29. The van der Waals surface area contributed by atoms with Crippen molar-refractivity contribution in [2.45, 2.75) is 25.4 Å². The van der Waals surface area contributed by atoms with Crippen molar-refractivity contribution in [2.75, 3.05) is 25.9 Å². The largest absolute Gasteiger partial charge is 0.488 e. The van der Waals surface area contributed by atoms with Gasteiger partial charge in [0.25, 0.3) is 0 Å². The van der Waals surface area contributed by atoms with Crippen LogP contribution in [-0.4, -0.2) is 50.6 Å². The number of carbonyl (C=O) groups excluding carboxylic acids is 1. The van der Waals surface area contributed by atoms with Crippen LogP contribution in [0, 0.1) is 5.92 Å². The van der Waals surface area contributed by atoms with Crippen molar-refractivity contribution in [1.82, 2.24) is 9.62 Å². The standard InChI is InChI=1S/C16H22N2O4S/c1-23(20,21)18-8-6-12(7-9-18)16(19)17-11-14-10-13-4-2-3-5-15(13)22-14/h2-5,12,14H,6-11H2,1H3,(H,17,19)/t14-/m0/s1. The third-order valence-corrected chi connectivity index (χ3v) is 5.81. The third-order valence-electron chi connectivity index (χ3n) is 4.51. The maximum absolute atomic E-state index is 12.2. The fourth-order valence-corrected chi connectivity index (χ4v) is 4.05. The molecule has 0 aliphatic carbocycles. The molecule has 6 nitrogen and oxygen atoms in total. The summed E-state index contributed by atoms with van der Waals surface area (Å²) in [7, 11) is -3.15. The molecule has 0 saturated carbocycles. The van der Waals surface area contributed by atoms with Crippen LogP contribution in [0.3, 0.4) is 0 Å². The molecule has 2 aliphatic heterocycles. The predicted molar refractivity (Wildman–Crippen MR) is 86.7 cm³/mol. The quantitative estimate of drug-likeness (QED) is 0.880. The van der Waals surface area contributed by atoms with Crippen molar-refractivity contribution < 1.29 is 17.9 Å². The first-order chi connectivity index (χ1) is 10.9. The minimum Gasteiger partial charge on any atom is -0.488 e. The van der Waals surface area contributed by atoms with Crippen LogP contribution in [0.5, 0.6) is 5.75 Å². The van der Waals surface area contributed by atoms with Gasteiger partial charge in [-0.1, -0.05) is 18.2 Å². The number of hydrogen-bond donors (Lipinski definition) is 1. The van der Waals surface area contributed by atoms with Crippen molar-refractivity contribution in [3.63, 3.8) is 0 Å². The van der Waals surface area contributed by atoms with Crippen LogP contribution in [0.2, 0.25) is 0 Å². The van der Waals surface area contributed by atoms with Crippen LogP contribution in [0.25, 0.3) is 0 Å². The zero-order chi connectivity index (χ0) is 16.4. The smallest absolute Gasteiger partial charge is 0.223 e. The van der Waals surface area contributed by atoms with Crippen LogP contribution in [0.1, 0.15) is 18.4 Å². The van der Waals surface area contributed by atoms with Gasteiger partial charge in [0.1, 0.15) is 11.9 Å². The van der Waals surface area contributed by atoms with Gasteiger partial charge in [0.2, 0.25) is 15.9 Å². The van der Waals surface area contributed by atoms with Crippen molar-refractivity contribution in [2.24, 2.45) is 5.92 Å². The lowest BCUT2D eigenvalue weighted by molar-refractivity contribution is -0.126. The van der Waals surface area contributed by atoms with Gasteiger partial charge in [-0.05, 0) is 24.5 Å². The highest BCUT2D eigenvalue weighted by Crippen LogP contribution is 2.28. The van der Waals surface area contributed by atoms with E-state index in [9.17, 15) is 13.2 Å². The summed E-state index contributed by atoms with van der Waals surface area (Å²) in [6.45, 7) is 1.32. The zero-order valence-electron chi connectivity index (χ0n) is 13.2. The number of nitrogens with one attached hydrogen (secondary N) is 1. The molecule has 1 aromatic rings. The van der Waals surface area contributed by atoms with Gasteiger partial charge in [-0.2, -0.15) is 0 Å². The molecule has 1 atom stereocenters. The monoisotopic (exact) mass is 338 g/mol. The number of amides is 1. The summed E-state index contributed by atoms with van der Waals surface area (Å²) in [5.41, 5.74) is 1.17. The van der Waals surface area contributed by atoms with Crippen molar-refractivity contribution in [3.8, 4) is 5.75 Å². The van der Waals surface area contributed by atoms with Crippen LogP contribution in [-0.2, 0) is 21.2 Å². The van der Waals surface area contributed by atoms with Gasteiger partial charge in [0.05, 0.1) is 12.8 Å². The molecule has 2 aliphatic rings. The first kappa shape index (κ1) is 16.3. The Bertz CT molecular complexity index is 656. The van der Waals surface area contributed by atoms with Gasteiger partial charge in [-0.3, -0.25) is 4.79 Å². The third kappa shape index (κ3) is 3.84. The Labute approximate surface area is 136 Å². The van der Waals surface area contributed by atoms with E-state index in [2.05, 4.69) is 5.32 Å². The number of hydrogen-bond acceptors (Lipinski definition) is 4. The summed E-state index contributed by atoms with van der Waals surface area (Å²) in [4.78, 5) is 12.2. The number of rotatable bonds is 4. The second kappa shape index (κ2) is 6.49. The molecular weight excluding hydrogens is 316 g/mol. The van der Waals surface area contributed by atoms with E-state index < -0.39 is 10.0 Å². The molecular formula is C16H22N2O4S. The Balaban J connectivity index is 1.45. The molecule has 23 heavy (non-hydrogen) atoms. The van der Waals surface area contributed by atoms with E-state index in [-0.39, 0.29) is 17.9 Å². The van der Waals surface area contributed by atoms with Gasteiger partial charge >= 0.3 is 0 Å². The number of ether oxygens (including phenoxy) is 1. The number of sulfonamides is 1. The first-order valence-electron chi connectivity index (χ1n) is 7.91. The fourth-order valence-electron chi connectivity index (χ4n) is 3.18. The number of benzene rings is 1. The Kier molecular flexibility index (Phi) is 4.59. The molecule has 0 spiro atoms. The summed E-state index contributed by atoms with van der Waals surface area (Å²) >= 11 is 0. The maximum atomic E-state index is 12.2. The average molecular weight is 338 g/mol. The Morgan fingerprint density at radius 3 is 2.65 bits per heavy atom. The fraction of sp³-hybridized carbons (Fsp3) is 0.562. The normalized spacial score (nSPS) is 22.4. The zero-order valence-corrected chi connectivity index (χ0v) is 14.0. The van der Waals surface area contributed by atoms with E-state index >= 15 is 0 Å². The number of para-hydroxylation sites is 1. The van der Waals surface area contributed by atoms with E-state index in [1.165, 1.54) is 16.1 Å². The molecule has 7 heteroatoms. The molecule has 0 bridgehead atoms. The second-order valence-electron chi connectivity index (χ2n) is 6.23. The first-order valence-corrected chi connectivity index (χ1v) is 9.75. The summed E-state index contributed by atoms with van der Waals surface area (Å²) in [5.74, 6) is 0.780. The Hall–Kier alpha value is -1.60. The number of nitrogens with zero attached hydrogens (tertiary/aromatic N) is 1. The van der Waals surface area contributed by atoms with E-state index in [0.717, 1.165) is 12.2 Å². The molecule has 3 rings (SSSR count). The highest BCUT2D eigenvalue weighted by Gasteiger charge is 2.30. The van der Waals surface area contributed by atoms with E-state index in [4.69, 9.17) is 4.74 Å². The minimum atomic E-state index is -3.15. The van der Waals surface area contributed by atoms with Gasteiger partial charge in [-0.25, -0.2) is 12.7 Å². The molecule has 0 aromatic heterocycles. The Morgan fingerprint density at radius 2 is 2.00 bits per heavy atom. The molecule has 2 heterocycles. The van der Waals surface area contributed by atoms with E-state index in [0.29, 0.717) is 32.5 Å². The summed E-state index contributed by atoms with van der Waals surface area (Å²) < 4.78 is 30.2.